The summed E-state index contributed by atoms with van der Waals surface area (Å²) in [6, 6.07) is 10.0. The number of nitrogens with one attached hydrogen (secondary N) is 1. The zero-order chi connectivity index (χ0) is 9.80. The summed E-state index contributed by atoms with van der Waals surface area (Å²) in [7, 11) is 0. The molecule has 0 aliphatic heterocycles. The fraction of sp³-hybridized carbons (Fsp3) is 0.111. The number of rotatable bonds is 3. The van der Waals surface area contributed by atoms with Crippen molar-refractivity contribution >= 4 is 0 Å². The summed E-state index contributed by atoms with van der Waals surface area (Å²) >= 11 is 0. The van der Waals surface area contributed by atoms with Gasteiger partial charge in [0.15, 0.2) is 5.82 Å². The van der Waals surface area contributed by atoms with Crippen molar-refractivity contribution in [1.29, 1.82) is 0 Å². The second-order valence-electron chi connectivity index (χ2n) is 2.91. The first-order chi connectivity index (χ1) is 6.90. The van der Waals surface area contributed by atoms with Crippen LogP contribution in [0.3, 0.4) is 0 Å². The van der Waals surface area contributed by atoms with Gasteiger partial charge in [-0.1, -0.05) is 30.3 Å². The highest BCUT2D eigenvalue weighted by atomic mass is 15.6. The predicted octanol–water partition coefficient (Wildman–Crippen LogP) is 0.286. The van der Waals surface area contributed by atoms with Crippen LogP contribution in [0.4, 0.5) is 0 Å². The number of nitrogens with two attached hydrogens (primary N) is 1. The van der Waals surface area contributed by atoms with Crippen molar-refractivity contribution in [3.05, 3.63) is 48.0 Å². The van der Waals surface area contributed by atoms with Gasteiger partial charge in [0.25, 0.3) is 0 Å². The normalized spacial score (nSPS) is 10.1. The topological polar surface area (TPSA) is 68.8 Å². The quantitative estimate of drug-likeness (QED) is 0.537. The Morgan fingerprint density at radius 2 is 2.07 bits per heavy atom. The second kappa shape index (κ2) is 3.89. The van der Waals surface area contributed by atoms with Crippen molar-refractivity contribution in [2.45, 2.75) is 6.42 Å². The van der Waals surface area contributed by atoms with E-state index >= 15 is 0 Å². The van der Waals surface area contributed by atoms with Crippen molar-refractivity contribution in [3.63, 3.8) is 0 Å². The van der Waals surface area contributed by atoms with Gasteiger partial charge in [0, 0.05) is 6.42 Å². The molecule has 0 aliphatic rings. The lowest BCUT2D eigenvalue weighted by Gasteiger charge is -2.03. The first-order valence-electron chi connectivity index (χ1n) is 4.29. The van der Waals surface area contributed by atoms with E-state index in [9.17, 15) is 0 Å². The minimum absolute atomic E-state index is 0.713. The molecule has 72 valence electrons. The van der Waals surface area contributed by atoms with Crippen LogP contribution < -0.4 is 11.4 Å². The molecule has 1 aromatic carbocycles. The van der Waals surface area contributed by atoms with E-state index in [2.05, 4.69) is 15.7 Å². The minimum Gasteiger partial charge on any atom is -0.259 e. The molecular weight excluding hydrogens is 178 g/mol. The molecule has 3 N–H and O–H groups in total. The maximum absolute atomic E-state index is 5.28. The van der Waals surface area contributed by atoms with Crippen LogP contribution in [-0.2, 0) is 6.42 Å². The Morgan fingerprint density at radius 1 is 1.29 bits per heavy atom. The smallest absolute Gasteiger partial charge is 0.157 e. The molecule has 1 aromatic heterocycles. The predicted molar refractivity (Wildman–Crippen MR) is 52.8 cm³/mol. The Balaban J connectivity index is 2.19. The number of aromatic nitrogens is 3. The molecule has 0 fully saturated rings. The van der Waals surface area contributed by atoms with Gasteiger partial charge in [-0.2, -0.15) is 0 Å². The van der Waals surface area contributed by atoms with Crippen LogP contribution in [0.5, 0.6) is 0 Å². The monoisotopic (exact) mass is 189 g/mol. The molecule has 2 aromatic rings. The summed E-state index contributed by atoms with van der Waals surface area (Å²) in [5, 5.41) is 7.71. The zero-order valence-electron chi connectivity index (χ0n) is 7.59. The first-order valence-corrected chi connectivity index (χ1v) is 4.29. The summed E-state index contributed by atoms with van der Waals surface area (Å²) in [6.07, 6.45) is 2.25. The molecule has 0 amide bonds. The average Bonchev–Trinajstić information content (AvgIpc) is 2.67. The van der Waals surface area contributed by atoms with E-state index in [-0.39, 0.29) is 0 Å². The largest absolute Gasteiger partial charge is 0.259 e. The van der Waals surface area contributed by atoms with Crippen molar-refractivity contribution in [3.8, 4) is 0 Å². The van der Waals surface area contributed by atoms with Crippen LogP contribution in [-0.4, -0.2) is 14.9 Å². The molecule has 5 heteroatoms. The van der Waals surface area contributed by atoms with Gasteiger partial charge in [-0.3, -0.25) is 5.53 Å². The van der Waals surface area contributed by atoms with Gasteiger partial charge in [0.05, 0.1) is 0 Å². The Hall–Kier alpha value is -1.88. The second-order valence-corrected chi connectivity index (χ2v) is 2.91. The van der Waals surface area contributed by atoms with Crippen LogP contribution in [0.25, 0.3) is 0 Å². The standard InChI is InChI=1S/C9H11N5/c10-13-14-7-11-12-9(14)6-8-4-2-1-3-5-8/h1-5,7,13H,6,10H2. The summed E-state index contributed by atoms with van der Waals surface area (Å²) in [4.78, 5) is 0. The van der Waals surface area contributed by atoms with E-state index in [0.29, 0.717) is 6.42 Å². The third kappa shape index (κ3) is 1.72. The Morgan fingerprint density at radius 3 is 2.79 bits per heavy atom. The van der Waals surface area contributed by atoms with Crippen LogP contribution in [0.2, 0.25) is 0 Å². The van der Waals surface area contributed by atoms with Gasteiger partial charge < -0.3 is 0 Å². The van der Waals surface area contributed by atoms with Crippen molar-refractivity contribution < 1.29 is 0 Å². The lowest BCUT2D eigenvalue weighted by Crippen LogP contribution is -2.23. The van der Waals surface area contributed by atoms with E-state index in [1.54, 1.807) is 4.68 Å². The number of nitrogens with zero attached hydrogens (tertiary/aromatic N) is 3. The number of hydrogen-bond acceptors (Lipinski definition) is 4. The third-order valence-corrected chi connectivity index (χ3v) is 1.96. The van der Waals surface area contributed by atoms with E-state index in [1.165, 1.54) is 11.9 Å². The molecule has 0 spiro atoms. The number of benzene rings is 1. The maximum atomic E-state index is 5.28. The summed E-state index contributed by atoms with van der Waals surface area (Å²) < 4.78 is 1.59. The molecule has 0 saturated heterocycles. The van der Waals surface area contributed by atoms with Gasteiger partial charge >= 0.3 is 0 Å². The Bertz CT molecular complexity index is 395. The van der Waals surface area contributed by atoms with Crippen LogP contribution in [0.15, 0.2) is 36.7 Å². The highest BCUT2D eigenvalue weighted by Crippen LogP contribution is 2.04. The number of hydrogen-bond donors (Lipinski definition) is 2. The average molecular weight is 189 g/mol. The van der Waals surface area contributed by atoms with Crippen molar-refractivity contribution in [1.82, 2.24) is 14.9 Å². The third-order valence-electron chi connectivity index (χ3n) is 1.96. The highest BCUT2D eigenvalue weighted by molar-refractivity contribution is 5.18. The Kier molecular flexibility index (Phi) is 2.42. The van der Waals surface area contributed by atoms with Gasteiger partial charge in [0.1, 0.15) is 6.33 Å². The van der Waals surface area contributed by atoms with E-state index in [1.807, 2.05) is 30.3 Å². The maximum Gasteiger partial charge on any atom is 0.157 e. The summed E-state index contributed by atoms with van der Waals surface area (Å²) in [5.74, 6) is 6.07. The lowest BCUT2D eigenvalue weighted by molar-refractivity contribution is 0.804. The molecule has 0 bridgehead atoms. The molecule has 1 heterocycles. The molecule has 0 aliphatic carbocycles. The Labute approximate surface area is 81.5 Å². The van der Waals surface area contributed by atoms with Crippen molar-refractivity contribution in [2.75, 3.05) is 5.53 Å². The van der Waals surface area contributed by atoms with E-state index in [0.717, 1.165) is 5.82 Å². The fourth-order valence-corrected chi connectivity index (χ4v) is 1.27. The van der Waals surface area contributed by atoms with Crippen molar-refractivity contribution in [2.24, 2.45) is 5.84 Å². The SMILES string of the molecule is NNn1cnnc1Cc1ccccc1. The molecule has 2 rings (SSSR count). The minimum atomic E-state index is 0.713. The fourth-order valence-electron chi connectivity index (χ4n) is 1.27. The molecule has 0 saturated carbocycles. The molecule has 0 unspecified atom stereocenters. The lowest BCUT2D eigenvalue weighted by atomic mass is 10.1. The van der Waals surface area contributed by atoms with E-state index in [4.69, 9.17) is 5.84 Å². The highest BCUT2D eigenvalue weighted by Gasteiger charge is 2.03. The molecular formula is C9H11N5. The zero-order valence-corrected chi connectivity index (χ0v) is 7.59. The number of hydrazine groups is 1. The first kappa shape index (κ1) is 8.71. The van der Waals surface area contributed by atoms with Gasteiger partial charge in [-0.15, -0.1) is 10.2 Å². The van der Waals surface area contributed by atoms with Gasteiger partial charge in [-0.05, 0) is 5.56 Å². The molecule has 5 nitrogen and oxygen atoms in total. The summed E-state index contributed by atoms with van der Waals surface area (Å²) in [5.41, 5.74) is 3.67. The molecule has 0 radical (unpaired) electrons. The number of nitrogen functional groups attached to an aromatic ring is 1. The molecule has 0 atom stereocenters. The van der Waals surface area contributed by atoms with Crippen LogP contribution in [0.1, 0.15) is 11.4 Å². The van der Waals surface area contributed by atoms with E-state index < -0.39 is 0 Å². The van der Waals surface area contributed by atoms with Crippen LogP contribution in [0, 0.1) is 0 Å². The van der Waals surface area contributed by atoms with Gasteiger partial charge in [-0.25, -0.2) is 10.5 Å². The molecule has 14 heavy (non-hydrogen) atoms. The van der Waals surface area contributed by atoms with Gasteiger partial charge in [0.2, 0.25) is 0 Å². The van der Waals surface area contributed by atoms with Crippen LogP contribution >= 0.6 is 0 Å². The summed E-state index contributed by atoms with van der Waals surface area (Å²) in [6.45, 7) is 0.